The molecule has 0 fully saturated rings. The minimum absolute atomic E-state index is 0.973. The lowest BCUT2D eigenvalue weighted by Gasteiger charge is -2.18. The first-order valence-electron chi connectivity index (χ1n) is 6.78. The van der Waals surface area contributed by atoms with E-state index in [9.17, 15) is 0 Å². The summed E-state index contributed by atoms with van der Waals surface area (Å²) >= 11 is 0. The Hall–Kier alpha value is -2.22. The molecule has 0 saturated heterocycles. The SMILES string of the molecule is CCCc1ccc2c3oc4cccc(c5oc1c25)c43. The Morgan fingerprint density at radius 2 is 1.68 bits per heavy atom. The molecule has 0 aliphatic carbocycles. The number of aryl methyl sites for hydroxylation is 1. The van der Waals surface area contributed by atoms with Crippen LogP contribution < -0.4 is 0 Å². The van der Waals surface area contributed by atoms with E-state index in [0.29, 0.717) is 0 Å². The van der Waals surface area contributed by atoms with Crippen molar-refractivity contribution >= 4 is 43.9 Å². The van der Waals surface area contributed by atoms with Gasteiger partial charge >= 0.3 is 0 Å². The van der Waals surface area contributed by atoms with Crippen molar-refractivity contribution in [1.82, 2.24) is 0 Å². The van der Waals surface area contributed by atoms with Gasteiger partial charge in [0.05, 0.1) is 10.8 Å². The zero-order chi connectivity index (χ0) is 12.6. The van der Waals surface area contributed by atoms with Crippen molar-refractivity contribution < 1.29 is 8.83 Å². The monoisotopic (exact) mass is 248 g/mol. The number of hydrogen-bond donors (Lipinski definition) is 0. The Kier molecular flexibility index (Phi) is 1.54. The summed E-state index contributed by atoms with van der Waals surface area (Å²) in [4.78, 5) is 0. The van der Waals surface area contributed by atoms with E-state index in [2.05, 4.69) is 25.1 Å². The van der Waals surface area contributed by atoms with Crippen molar-refractivity contribution in [3.63, 3.8) is 0 Å². The second-order valence-electron chi connectivity index (χ2n) is 5.27. The van der Waals surface area contributed by atoms with Crippen LogP contribution in [0.3, 0.4) is 0 Å². The molecule has 2 nitrogen and oxygen atoms in total. The fraction of sp³-hybridized carbons (Fsp3) is 0.176. The van der Waals surface area contributed by atoms with Gasteiger partial charge in [0, 0.05) is 10.8 Å². The van der Waals surface area contributed by atoms with Crippen LogP contribution in [0.1, 0.15) is 18.9 Å². The van der Waals surface area contributed by atoms with Crippen molar-refractivity contribution in [3.8, 4) is 0 Å². The molecular weight excluding hydrogens is 236 g/mol. The van der Waals surface area contributed by atoms with E-state index in [1.807, 2.05) is 12.1 Å². The summed E-state index contributed by atoms with van der Waals surface area (Å²) in [5.74, 6) is 0. The highest BCUT2D eigenvalue weighted by Crippen LogP contribution is 2.46. The molecule has 0 N–H and O–H groups in total. The van der Waals surface area contributed by atoms with Crippen molar-refractivity contribution in [2.75, 3.05) is 0 Å². The summed E-state index contributed by atoms with van der Waals surface area (Å²) in [6, 6.07) is 10.5. The predicted octanol–water partition coefficient (Wildman–Crippen LogP) is 5.31. The number of rotatable bonds is 2. The van der Waals surface area contributed by atoms with Gasteiger partial charge in [0.1, 0.15) is 22.3 Å². The van der Waals surface area contributed by atoms with Gasteiger partial charge in [0.15, 0.2) is 0 Å². The summed E-state index contributed by atoms with van der Waals surface area (Å²) in [5.41, 5.74) is 5.40. The second kappa shape index (κ2) is 3.02. The predicted molar refractivity (Wildman–Crippen MR) is 77.4 cm³/mol. The zero-order valence-corrected chi connectivity index (χ0v) is 10.6. The molecule has 3 aromatic carbocycles. The van der Waals surface area contributed by atoms with E-state index in [4.69, 9.17) is 8.83 Å². The summed E-state index contributed by atoms with van der Waals surface area (Å²) in [7, 11) is 0. The maximum Gasteiger partial charge on any atom is 0.147 e. The van der Waals surface area contributed by atoms with Crippen LogP contribution in [0.5, 0.6) is 0 Å². The Bertz CT molecular complexity index is 1020. The molecule has 0 saturated carbocycles. The summed E-state index contributed by atoms with van der Waals surface area (Å²) in [5, 5.41) is 4.86. The van der Waals surface area contributed by atoms with Gasteiger partial charge in [-0.25, -0.2) is 0 Å². The standard InChI is InChI=1S/C17H12O2/c1-2-4-9-7-8-11-14-15(9)19-17(14)10-5-3-6-12-13(10)16(11)18-12/h3,5-8H,2,4H2,1H3. The molecule has 2 heterocycles. The molecule has 0 spiro atoms. The topological polar surface area (TPSA) is 26.3 Å². The minimum atomic E-state index is 0.973. The molecule has 0 radical (unpaired) electrons. The van der Waals surface area contributed by atoms with Gasteiger partial charge in [-0.3, -0.25) is 0 Å². The Balaban J connectivity index is 2.01. The van der Waals surface area contributed by atoms with E-state index >= 15 is 0 Å². The highest BCUT2D eigenvalue weighted by Gasteiger charge is 2.24. The maximum absolute atomic E-state index is 6.00. The molecule has 5 aromatic rings. The normalized spacial score (nSPS) is 12.9. The average Bonchev–Trinajstić information content (AvgIpc) is 2.34. The Labute approximate surface area is 109 Å². The van der Waals surface area contributed by atoms with Crippen LogP contribution in [0, 0.1) is 0 Å². The molecule has 2 aromatic heterocycles. The highest BCUT2D eigenvalue weighted by molar-refractivity contribution is 6.32. The van der Waals surface area contributed by atoms with Gasteiger partial charge in [-0.1, -0.05) is 31.5 Å². The molecule has 0 unspecified atom stereocenters. The molecule has 0 aliphatic rings. The van der Waals surface area contributed by atoms with Gasteiger partial charge in [-0.15, -0.1) is 0 Å². The van der Waals surface area contributed by atoms with Gasteiger partial charge in [0.25, 0.3) is 0 Å². The summed E-state index contributed by atoms with van der Waals surface area (Å²) < 4.78 is 11.8. The summed E-state index contributed by atoms with van der Waals surface area (Å²) in [6.07, 6.45) is 2.21. The first kappa shape index (κ1) is 9.68. The molecule has 0 amide bonds. The Morgan fingerprint density at radius 1 is 0.842 bits per heavy atom. The molecule has 0 bridgehead atoms. The third-order valence-electron chi connectivity index (χ3n) is 4.14. The second-order valence-corrected chi connectivity index (χ2v) is 5.27. The fourth-order valence-electron chi connectivity index (χ4n) is 3.26. The van der Waals surface area contributed by atoms with Crippen LogP contribution in [-0.2, 0) is 6.42 Å². The van der Waals surface area contributed by atoms with Crippen LogP contribution >= 0.6 is 0 Å². The first-order valence-corrected chi connectivity index (χ1v) is 6.78. The molecule has 92 valence electrons. The van der Waals surface area contributed by atoms with Crippen molar-refractivity contribution in [1.29, 1.82) is 0 Å². The molecule has 19 heavy (non-hydrogen) atoms. The molecule has 5 rings (SSSR count). The van der Waals surface area contributed by atoms with Gasteiger partial charge in [-0.05, 0) is 24.1 Å². The lowest BCUT2D eigenvalue weighted by Crippen LogP contribution is -1.95. The number of hydrogen-bond acceptors (Lipinski definition) is 2. The number of benzene rings is 3. The molecule has 0 atom stereocenters. The van der Waals surface area contributed by atoms with Gasteiger partial charge < -0.3 is 8.83 Å². The van der Waals surface area contributed by atoms with Crippen LogP contribution in [0.15, 0.2) is 39.2 Å². The Morgan fingerprint density at radius 3 is 2.58 bits per heavy atom. The fourth-order valence-corrected chi connectivity index (χ4v) is 3.26. The largest absolute Gasteiger partial charge is 0.455 e. The third-order valence-corrected chi connectivity index (χ3v) is 4.14. The lowest BCUT2D eigenvalue weighted by molar-refractivity contribution is 0.630. The smallest absolute Gasteiger partial charge is 0.147 e. The van der Waals surface area contributed by atoms with E-state index in [1.54, 1.807) is 0 Å². The van der Waals surface area contributed by atoms with Crippen molar-refractivity contribution in [2.45, 2.75) is 19.8 Å². The van der Waals surface area contributed by atoms with Crippen molar-refractivity contribution in [2.24, 2.45) is 0 Å². The zero-order valence-electron chi connectivity index (χ0n) is 10.6. The first-order chi connectivity index (χ1) is 9.38. The molecular formula is C17H12O2. The molecule has 0 aliphatic heterocycles. The van der Waals surface area contributed by atoms with Gasteiger partial charge in [-0.2, -0.15) is 0 Å². The van der Waals surface area contributed by atoms with E-state index < -0.39 is 0 Å². The number of fused-ring (bicyclic) bond motifs is 2. The van der Waals surface area contributed by atoms with E-state index in [1.165, 1.54) is 27.1 Å². The lowest BCUT2D eigenvalue weighted by atomic mass is 9.95. The molecule has 2 heteroatoms. The van der Waals surface area contributed by atoms with E-state index in [-0.39, 0.29) is 0 Å². The van der Waals surface area contributed by atoms with Crippen LogP contribution in [0.2, 0.25) is 0 Å². The average molecular weight is 248 g/mol. The maximum atomic E-state index is 6.00. The summed E-state index contributed by atoms with van der Waals surface area (Å²) in [6.45, 7) is 2.20. The van der Waals surface area contributed by atoms with E-state index in [0.717, 1.165) is 35.2 Å². The van der Waals surface area contributed by atoms with Gasteiger partial charge in [0.2, 0.25) is 0 Å². The van der Waals surface area contributed by atoms with Crippen LogP contribution in [0.4, 0.5) is 0 Å². The minimum Gasteiger partial charge on any atom is -0.455 e. The highest BCUT2D eigenvalue weighted by atomic mass is 16.4. The van der Waals surface area contributed by atoms with Crippen LogP contribution in [0.25, 0.3) is 43.9 Å². The van der Waals surface area contributed by atoms with Crippen LogP contribution in [-0.4, -0.2) is 0 Å². The van der Waals surface area contributed by atoms with Crippen molar-refractivity contribution in [3.05, 3.63) is 35.9 Å². The quantitative estimate of drug-likeness (QED) is 0.395. The third kappa shape index (κ3) is 0.963.